The average molecular weight is 415 g/mol. The zero-order chi connectivity index (χ0) is 21.7. The van der Waals surface area contributed by atoms with E-state index in [9.17, 15) is 9.59 Å². The predicted octanol–water partition coefficient (Wildman–Crippen LogP) is 2.15. The lowest BCUT2D eigenvalue weighted by Gasteiger charge is -2.34. The molecule has 1 aliphatic heterocycles. The largest absolute Gasteiger partial charge is 0.488 e. The molecular weight excluding hydrogens is 384 g/mol. The van der Waals surface area contributed by atoms with Crippen molar-refractivity contribution >= 4 is 11.8 Å². The van der Waals surface area contributed by atoms with Crippen molar-refractivity contribution in [2.45, 2.75) is 40.3 Å². The van der Waals surface area contributed by atoms with E-state index in [-0.39, 0.29) is 17.9 Å². The molecule has 1 N–H and O–H groups in total. The molecule has 0 bridgehead atoms. The van der Waals surface area contributed by atoms with Gasteiger partial charge in [0.25, 0.3) is 5.91 Å². The molecule has 162 valence electrons. The molecule has 0 unspecified atom stereocenters. The maximum atomic E-state index is 13.1. The van der Waals surface area contributed by atoms with Crippen molar-refractivity contribution in [3.8, 4) is 5.75 Å². The second-order valence-electron chi connectivity index (χ2n) is 7.88. The summed E-state index contributed by atoms with van der Waals surface area (Å²) in [5, 5.41) is 6.84. The van der Waals surface area contributed by atoms with Gasteiger partial charge in [-0.2, -0.15) is 0 Å². The smallest absolute Gasteiger partial charge is 0.257 e. The highest BCUT2D eigenvalue weighted by Gasteiger charge is 2.25. The van der Waals surface area contributed by atoms with Gasteiger partial charge in [0.1, 0.15) is 18.1 Å². The van der Waals surface area contributed by atoms with Crippen LogP contribution in [0, 0.1) is 13.8 Å². The van der Waals surface area contributed by atoms with E-state index in [0.717, 1.165) is 11.3 Å². The van der Waals surface area contributed by atoms with E-state index < -0.39 is 0 Å². The highest BCUT2D eigenvalue weighted by molar-refractivity contribution is 5.97. The lowest BCUT2D eigenvalue weighted by Crippen LogP contribution is -2.51. The molecule has 2 amide bonds. The van der Waals surface area contributed by atoms with Crippen LogP contribution >= 0.6 is 0 Å². The van der Waals surface area contributed by atoms with E-state index in [1.807, 2.05) is 44.7 Å². The van der Waals surface area contributed by atoms with Gasteiger partial charge in [0.05, 0.1) is 23.4 Å². The molecular formula is C22H30N4O4. The molecule has 30 heavy (non-hydrogen) atoms. The minimum atomic E-state index is -0.0596. The van der Waals surface area contributed by atoms with E-state index in [0.29, 0.717) is 56.4 Å². The maximum absolute atomic E-state index is 13.1. The van der Waals surface area contributed by atoms with E-state index in [1.54, 1.807) is 12.1 Å². The SMILES string of the molecule is Cc1noc(C)c1COc1ccccc1C(=O)N1CCN(CC(=O)NC(C)C)CC1. The fourth-order valence-corrected chi connectivity index (χ4v) is 3.48. The number of amides is 2. The van der Waals surface area contributed by atoms with Crippen molar-refractivity contribution in [2.24, 2.45) is 0 Å². The molecule has 2 heterocycles. The van der Waals surface area contributed by atoms with Gasteiger partial charge in [0.2, 0.25) is 5.91 Å². The van der Waals surface area contributed by atoms with Crippen LogP contribution in [0.2, 0.25) is 0 Å². The molecule has 1 fully saturated rings. The Balaban J connectivity index is 1.59. The summed E-state index contributed by atoms with van der Waals surface area (Å²) in [5.74, 6) is 1.22. The summed E-state index contributed by atoms with van der Waals surface area (Å²) in [5.41, 5.74) is 2.22. The minimum absolute atomic E-state index is 0.0165. The second-order valence-corrected chi connectivity index (χ2v) is 7.88. The van der Waals surface area contributed by atoms with Crippen LogP contribution in [0.5, 0.6) is 5.75 Å². The number of aromatic nitrogens is 1. The number of carbonyl (C=O) groups is 2. The van der Waals surface area contributed by atoms with Crippen molar-refractivity contribution in [3.63, 3.8) is 0 Å². The third-order valence-corrected chi connectivity index (χ3v) is 5.15. The highest BCUT2D eigenvalue weighted by atomic mass is 16.5. The number of rotatable bonds is 7. The van der Waals surface area contributed by atoms with Crippen LogP contribution in [0.4, 0.5) is 0 Å². The van der Waals surface area contributed by atoms with E-state index in [1.165, 1.54) is 0 Å². The van der Waals surface area contributed by atoms with Crippen molar-refractivity contribution in [1.29, 1.82) is 0 Å². The summed E-state index contributed by atoms with van der Waals surface area (Å²) in [6.07, 6.45) is 0. The lowest BCUT2D eigenvalue weighted by atomic mass is 10.1. The Kier molecular flexibility index (Phi) is 7.10. The maximum Gasteiger partial charge on any atom is 0.257 e. The van der Waals surface area contributed by atoms with Crippen molar-refractivity contribution in [2.75, 3.05) is 32.7 Å². The number of aryl methyl sites for hydroxylation is 2. The first-order valence-electron chi connectivity index (χ1n) is 10.3. The fourth-order valence-electron chi connectivity index (χ4n) is 3.48. The van der Waals surface area contributed by atoms with Crippen LogP contribution in [0.15, 0.2) is 28.8 Å². The monoisotopic (exact) mass is 414 g/mol. The van der Waals surface area contributed by atoms with Gasteiger partial charge in [-0.15, -0.1) is 0 Å². The minimum Gasteiger partial charge on any atom is -0.488 e. The number of hydrogen-bond acceptors (Lipinski definition) is 6. The number of benzene rings is 1. The van der Waals surface area contributed by atoms with Crippen LogP contribution in [-0.4, -0.2) is 65.5 Å². The Hall–Kier alpha value is -2.87. The van der Waals surface area contributed by atoms with E-state index in [2.05, 4.69) is 15.4 Å². The molecule has 2 aromatic rings. The van der Waals surface area contributed by atoms with Gasteiger partial charge in [0, 0.05) is 32.2 Å². The molecule has 1 aromatic carbocycles. The molecule has 3 rings (SSSR count). The number of piperazine rings is 1. The second kappa shape index (κ2) is 9.75. The topological polar surface area (TPSA) is 87.9 Å². The Bertz CT molecular complexity index is 866. The molecule has 1 aromatic heterocycles. The van der Waals surface area contributed by atoms with Crippen molar-refractivity contribution < 1.29 is 18.8 Å². The lowest BCUT2D eigenvalue weighted by molar-refractivity contribution is -0.123. The van der Waals surface area contributed by atoms with E-state index in [4.69, 9.17) is 9.26 Å². The van der Waals surface area contributed by atoms with Crippen molar-refractivity contribution in [3.05, 3.63) is 46.8 Å². The van der Waals surface area contributed by atoms with Gasteiger partial charge in [-0.3, -0.25) is 14.5 Å². The Morgan fingerprint density at radius 1 is 1.17 bits per heavy atom. The molecule has 0 saturated carbocycles. The molecule has 0 atom stereocenters. The normalized spacial score (nSPS) is 14.8. The van der Waals surface area contributed by atoms with Crippen LogP contribution in [-0.2, 0) is 11.4 Å². The first kappa shape index (κ1) is 21.8. The third kappa shape index (κ3) is 5.38. The standard InChI is InChI=1S/C22H30N4O4/c1-15(2)23-21(27)13-25-9-11-26(12-10-25)22(28)18-7-5-6-8-20(18)29-14-19-16(3)24-30-17(19)4/h5-8,15H,9-14H2,1-4H3,(H,23,27). The summed E-state index contributed by atoms with van der Waals surface area (Å²) < 4.78 is 11.1. The number of ether oxygens (including phenoxy) is 1. The van der Waals surface area contributed by atoms with Crippen LogP contribution in [0.3, 0.4) is 0 Å². The summed E-state index contributed by atoms with van der Waals surface area (Å²) in [4.78, 5) is 29.0. The number of hydrogen-bond donors (Lipinski definition) is 1. The zero-order valence-electron chi connectivity index (χ0n) is 18.1. The van der Waals surface area contributed by atoms with Crippen LogP contribution < -0.4 is 10.1 Å². The Morgan fingerprint density at radius 3 is 2.50 bits per heavy atom. The number of nitrogens with zero attached hydrogens (tertiary/aromatic N) is 3. The van der Waals surface area contributed by atoms with Crippen molar-refractivity contribution in [1.82, 2.24) is 20.3 Å². The molecule has 0 spiro atoms. The molecule has 8 nitrogen and oxygen atoms in total. The van der Waals surface area contributed by atoms with E-state index >= 15 is 0 Å². The summed E-state index contributed by atoms with van der Waals surface area (Å²) in [6, 6.07) is 7.40. The number of nitrogens with one attached hydrogen (secondary N) is 1. The van der Waals surface area contributed by atoms with Gasteiger partial charge in [0.15, 0.2) is 0 Å². The van der Waals surface area contributed by atoms with Gasteiger partial charge in [-0.25, -0.2) is 0 Å². The zero-order valence-corrected chi connectivity index (χ0v) is 18.1. The first-order valence-corrected chi connectivity index (χ1v) is 10.3. The van der Waals surface area contributed by atoms with Crippen LogP contribution in [0.1, 0.15) is 41.2 Å². The molecule has 1 aliphatic rings. The van der Waals surface area contributed by atoms with Gasteiger partial charge < -0.3 is 19.5 Å². The van der Waals surface area contributed by atoms with Gasteiger partial charge in [-0.1, -0.05) is 17.3 Å². The highest BCUT2D eigenvalue weighted by Crippen LogP contribution is 2.23. The number of para-hydroxylation sites is 1. The van der Waals surface area contributed by atoms with Gasteiger partial charge in [-0.05, 0) is 39.8 Å². The quantitative estimate of drug-likeness (QED) is 0.747. The Labute approximate surface area is 177 Å². The van der Waals surface area contributed by atoms with Gasteiger partial charge >= 0.3 is 0 Å². The average Bonchev–Trinajstić information content (AvgIpc) is 3.03. The van der Waals surface area contributed by atoms with Crippen LogP contribution in [0.25, 0.3) is 0 Å². The summed E-state index contributed by atoms with van der Waals surface area (Å²) in [6.45, 7) is 10.7. The molecule has 0 aliphatic carbocycles. The third-order valence-electron chi connectivity index (χ3n) is 5.15. The summed E-state index contributed by atoms with van der Waals surface area (Å²) in [7, 11) is 0. The Morgan fingerprint density at radius 2 is 1.87 bits per heavy atom. The molecule has 8 heteroatoms. The summed E-state index contributed by atoms with van der Waals surface area (Å²) >= 11 is 0. The fraction of sp³-hybridized carbons (Fsp3) is 0.500. The first-order chi connectivity index (χ1) is 14.3. The molecule has 1 saturated heterocycles. The molecule has 0 radical (unpaired) electrons. The number of carbonyl (C=O) groups excluding carboxylic acids is 2. The predicted molar refractivity (Wildman–Crippen MR) is 112 cm³/mol.